The normalized spacial score (nSPS) is 25.3. The molecule has 130 valence electrons. The van der Waals surface area contributed by atoms with Gasteiger partial charge in [-0.25, -0.2) is 4.79 Å². The van der Waals surface area contributed by atoms with Gasteiger partial charge in [-0.2, -0.15) is 0 Å². The Hall–Kier alpha value is -1.95. The Labute approximate surface area is 142 Å². The second kappa shape index (κ2) is 6.89. The zero-order valence-corrected chi connectivity index (χ0v) is 13.9. The molecule has 3 aliphatic heterocycles. The lowest BCUT2D eigenvalue weighted by Crippen LogP contribution is -2.49. The summed E-state index contributed by atoms with van der Waals surface area (Å²) < 4.78 is 10.7. The third-order valence-electron chi connectivity index (χ3n) is 5.31. The first-order chi connectivity index (χ1) is 11.8. The van der Waals surface area contributed by atoms with E-state index < -0.39 is 0 Å². The fourth-order valence-electron chi connectivity index (χ4n) is 4.05. The lowest BCUT2D eigenvalue weighted by molar-refractivity contribution is 0.174. The van der Waals surface area contributed by atoms with E-state index in [-0.39, 0.29) is 6.03 Å². The summed E-state index contributed by atoms with van der Waals surface area (Å²) in [5.41, 5.74) is 1.14. The van der Waals surface area contributed by atoms with Crippen LogP contribution in [0.15, 0.2) is 18.2 Å². The zero-order valence-electron chi connectivity index (χ0n) is 13.9. The molecule has 2 saturated heterocycles. The highest BCUT2D eigenvalue weighted by molar-refractivity contribution is 5.74. The Morgan fingerprint density at radius 2 is 2.08 bits per heavy atom. The second-order valence-electron chi connectivity index (χ2n) is 6.83. The van der Waals surface area contributed by atoms with E-state index in [2.05, 4.69) is 15.5 Å². The highest BCUT2D eigenvalue weighted by Crippen LogP contribution is 2.32. The molecule has 0 saturated carbocycles. The fourth-order valence-corrected chi connectivity index (χ4v) is 4.05. The third kappa shape index (κ3) is 3.29. The molecule has 0 bridgehead atoms. The highest BCUT2D eigenvalue weighted by Gasteiger charge is 2.36. The zero-order chi connectivity index (χ0) is 16.4. The number of piperidine rings is 1. The van der Waals surface area contributed by atoms with Crippen molar-refractivity contribution in [2.24, 2.45) is 0 Å². The van der Waals surface area contributed by atoms with Crippen LogP contribution in [-0.4, -0.2) is 49.4 Å². The van der Waals surface area contributed by atoms with Gasteiger partial charge in [-0.1, -0.05) is 12.5 Å². The number of fused-ring (bicyclic) bond motifs is 2. The summed E-state index contributed by atoms with van der Waals surface area (Å²) in [4.78, 5) is 14.7. The number of amides is 2. The predicted molar refractivity (Wildman–Crippen MR) is 90.4 cm³/mol. The maximum atomic E-state index is 12.2. The van der Waals surface area contributed by atoms with Gasteiger partial charge in [-0.3, -0.25) is 4.90 Å². The van der Waals surface area contributed by atoms with Crippen LogP contribution in [0, 0.1) is 0 Å². The van der Waals surface area contributed by atoms with E-state index in [9.17, 15) is 4.79 Å². The molecule has 0 unspecified atom stereocenters. The van der Waals surface area contributed by atoms with E-state index in [0.717, 1.165) is 36.4 Å². The SMILES string of the molecule is O=C(NCCc1ccc2c(c1)OCO2)N[C@H]1CCN2CCCC[C@H]12. The van der Waals surface area contributed by atoms with Crippen LogP contribution in [0.2, 0.25) is 0 Å². The van der Waals surface area contributed by atoms with Crippen molar-refractivity contribution in [3.8, 4) is 11.5 Å². The number of hydrogen-bond donors (Lipinski definition) is 2. The van der Waals surface area contributed by atoms with E-state index in [0.29, 0.717) is 25.4 Å². The molecule has 2 N–H and O–H groups in total. The minimum atomic E-state index is -0.0480. The number of benzene rings is 1. The molecule has 2 amide bonds. The molecule has 0 aromatic heterocycles. The number of carbonyl (C=O) groups is 1. The molecule has 0 spiro atoms. The number of carbonyl (C=O) groups excluding carboxylic acids is 1. The number of urea groups is 1. The number of nitrogens with one attached hydrogen (secondary N) is 2. The quantitative estimate of drug-likeness (QED) is 0.884. The molecular formula is C18H25N3O3. The van der Waals surface area contributed by atoms with E-state index in [1.165, 1.54) is 25.8 Å². The van der Waals surface area contributed by atoms with Crippen molar-refractivity contribution >= 4 is 6.03 Å². The van der Waals surface area contributed by atoms with Crippen molar-refractivity contribution in [1.29, 1.82) is 0 Å². The molecule has 0 aliphatic carbocycles. The number of rotatable bonds is 4. The maximum absolute atomic E-state index is 12.2. The monoisotopic (exact) mass is 331 g/mol. The van der Waals surface area contributed by atoms with Gasteiger partial charge in [0.2, 0.25) is 6.79 Å². The van der Waals surface area contributed by atoms with Crippen molar-refractivity contribution in [2.75, 3.05) is 26.4 Å². The van der Waals surface area contributed by atoms with Crippen molar-refractivity contribution in [3.63, 3.8) is 0 Å². The lowest BCUT2D eigenvalue weighted by Gasteiger charge is -2.32. The molecule has 24 heavy (non-hydrogen) atoms. The van der Waals surface area contributed by atoms with Gasteiger partial charge in [0.1, 0.15) is 0 Å². The fraction of sp³-hybridized carbons (Fsp3) is 0.611. The molecule has 4 rings (SSSR count). The Bertz CT molecular complexity index is 607. The molecule has 0 radical (unpaired) electrons. The van der Waals surface area contributed by atoms with E-state index in [1.54, 1.807) is 0 Å². The minimum Gasteiger partial charge on any atom is -0.454 e. The first kappa shape index (κ1) is 15.6. The van der Waals surface area contributed by atoms with Crippen LogP contribution >= 0.6 is 0 Å². The predicted octanol–water partition coefficient (Wildman–Crippen LogP) is 1.88. The highest BCUT2D eigenvalue weighted by atomic mass is 16.7. The average Bonchev–Trinajstić information content (AvgIpc) is 3.22. The summed E-state index contributed by atoms with van der Waals surface area (Å²) >= 11 is 0. The van der Waals surface area contributed by atoms with Crippen LogP contribution in [0.25, 0.3) is 0 Å². The molecule has 2 atom stereocenters. The standard InChI is InChI=1S/C18H25N3O3/c22-18(20-14-7-10-21-9-2-1-3-15(14)21)19-8-6-13-4-5-16-17(11-13)24-12-23-16/h4-5,11,14-15H,1-3,6-10,12H2,(H2,19,20,22)/t14-,15+/m0/s1. The third-order valence-corrected chi connectivity index (χ3v) is 5.31. The molecule has 6 nitrogen and oxygen atoms in total. The second-order valence-corrected chi connectivity index (χ2v) is 6.83. The minimum absolute atomic E-state index is 0.0480. The Morgan fingerprint density at radius 1 is 1.17 bits per heavy atom. The first-order valence-corrected chi connectivity index (χ1v) is 8.96. The Kier molecular flexibility index (Phi) is 4.47. The number of nitrogens with zero attached hydrogens (tertiary/aromatic N) is 1. The van der Waals surface area contributed by atoms with Crippen molar-refractivity contribution in [2.45, 2.75) is 44.2 Å². The molecule has 1 aromatic carbocycles. The summed E-state index contributed by atoms with van der Waals surface area (Å²) in [6, 6.07) is 6.72. The molecule has 6 heteroatoms. The lowest BCUT2D eigenvalue weighted by atomic mass is 9.99. The van der Waals surface area contributed by atoms with E-state index in [1.807, 2.05) is 18.2 Å². The van der Waals surface area contributed by atoms with Gasteiger partial charge in [-0.15, -0.1) is 0 Å². The van der Waals surface area contributed by atoms with Crippen LogP contribution in [0.4, 0.5) is 4.79 Å². The van der Waals surface area contributed by atoms with Crippen LogP contribution < -0.4 is 20.1 Å². The average molecular weight is 331 g/mol. The molecule has 1 aromatic rings. The van der Waals surface area contributed by atoms with Gasteiger partial charge in [0.15, 0.2) is 11.5 Å². The first-order valence-electron chi connectivity index (χ1n) is 8.96. The Morgan fingerprint density at radius 3 is 3.04 bits per heavy atom. The van der Waals surface area contributed by atoms with Crippen LogP contribution in [-0.2, 0) is 6.42 Å². The van der Waals surface area contributed by atoms with Crippen molar-refractivity contribution in [1.82, 2.24) is 15.5 Å². The summed E-state index contributed by atoms with van der Waals surface area (Å²) in [7, 11) is 0. The van der Waals surface area contributed by atoms with Gasteiger partial charge in [0.05, 0.1) is 0 Å². The topological polar surface area (TPSA) is 62.8 Å². The number of ether oxygens (including phenoxy) is 2. The van der Waals surface area contributed by atoms with Crippen LogP contribution in [0.1, 0.15) is 31.2 Å². The largest absolute Gasteiger partial charge is 0.454 e. The summed E-state index contributed by atoms with van der Waals surface area (Å²) in [6.45, 7) is 3.22. The van der Waals surface area contributed by atoms with Crippen LogP contribution in [0.5, 0.6) is 11.5 Å². The van der Waals surface area contributed by atoms with Gasteiger partial charge < -0.3 is 20.1 Å². The summed E-state index contributed by atoms with van der Waals surface area (Å²) in [5.74, 6) is 1.59. The van der Waals surface area contributed by atoms with Gasteiger partial charge in [0.25, 0.3) is 0 Å². The van der Waals surface area contributed by atoms with Gasteiger partial charge >= 0.3 is 6.03 Å². The molecule has 3 heterocycles. The van der Waals surface area contributed by atoms with Crippen molar-refractivity contribution < 1.29 is 14.3 Å². The van der Waals surface area contributed by atoms with Crippen molar-refractivity contribution in [3.05, 3.63) is 23.8 Å². The summed E-state index contributed by atoms with van der Waals surface area (Å²) in [5, 5.41) is 6.15. The number of hydrogen-bond acceptors (Lipinski definition) is 4. The van der Waals surface area contributed by atoms with Crippen LogP contribution in [0.3, 0.4) is 0 Å². The Balaban J connectivity index is 1.22. The maximum Gasteiger partial charge on any atom is 0.315 e. The van der Waals surface area contributed by atoms with Gasteiger partial charge in [0, 0.05) is 25.2 Å². The summed E-state index contributed by atoms with van der Waals surface area (Å²) in [6.07, 6.45) is 5.64. The van der Waals surface area contributed by atoms with E-state index in [4.69, 9.17) is 9.47 Å². The van der Waals surface area contributed by atoms with Gasteiger partial charge in [-0.05, 0) is 49.9 Å². The molecular weight excluding hydrogens is 306 g/mol. The molecule has 2 fully saturated rings. The van der Waals surface area contributed by atoms with E-state index >= 15 is 0 Å². The smallest absolute Gasteiger partial charge is 0.315 e. The molecule has 3 aliphatic rings.